The number of rotatable bonds is 5. The summed E-state index contributed by atoms with van der Waals surface area (Å²) in [6, 6.07) is 0.549. The van der Waals surface area contributed by atoms with Crippen molar-refractivity contribution in [3.05, 3.63) is 0 Å². The second kappa shape index (κ2) is 4.30. The van der Waals surface area contributed by atoms with E-state index >= 15 is 0 Å². The minimum absolute atomic E-state index is 0.209. The van der Waals surface area contributed by atoms with Crippen LogP contribution in [0.5, 0.6) is 0 Å². The molecular weight excluding hydrogens is 178 g/mol. The molecule has 0 aromatic rings. The first kappa shape index (κ1) is 11.5. The highest BCUT2D eigenvalue weighted by atomic mass is 16.4. The lowest BCUT2D eigenvalue weighted by molar-refractivity contribution is -0.138. The van der Waals surface area contributed by atoms with Gasteiger partial charge in [-0.25, -0.2) is 0 Å². The Labute approximate surface area is 86.1 Å². The molecule has 0 amide bonds. The first-order valence-corrected chi connectivity index (χ1v) is 5.34. The summed E-state index contributed by atoms with van der Waals surface area (Å²) in [5.74, 6) is -0.703. The minimum atomic E-state index is -0.703. The van der Waals surface area contributed by atoms with E-state index in [1.165, 1.54) is 12.8 Å². The van der Waals surface area contributed by atoms with E-state index in [0.29, 0.717) is 11.5 Å². The van der Waals surface area contributed by atoms with Gasteiger partial charge in [-0.15, -0.1) is 0 Å². The maximum absolute atomic E-state index is 10.6. The molecule has 0 spiro atoms. The maximum atomic E-state index is 10.6. The summed E-state index contributed by atoms with van der Waals surface area (Å²) >= 11 is 0. The molecule has 82 valence electrons. The van der Waals surface area contributed by atoms with Crippen molar-refractivity contribution >= 4 is 5.97 Å². The van der Waals surface area contributed by atoms with Crippen molar-refractivity contribution in [2.45, 2.75) is 46.1 Å². The molecule has 1 saturated carbocycles. The van der Waals surface area contributed by atoms with Crippen LogP contribution in [-0.2, 0) is 4.79 Å². The van der Waals surface area contributed by atoms with Crippen LogP contribution in [0.4, 0.5) is 0 Å². The summed E-state index contributed by atoms with van der Waals surface area (Å²) in [6.07, 6.45) is 3.42. The molecule has 0 aliphatic heterocycles. The lowest BCUT2D eigenvalue weighted by Gasteiger charge is -2.25. The highest BCUT2D eigenvalue weighted by molar-refractivity contribution is 5.69. The van der Waals surface area contributed by atoms with Gasteiger partial charge in [-0.05, 0) is 31.2 Å². The van der Waals surface area contributed by atoms with Gasteiger partial charge in [0, 0.05) is 6.04 Å². The molecule has 0 radical (unpaired) electrons. The number of hydrogen-bond donors (Lipinski definition) is 1. The summed E-state index contributed by atoms with van der Waals surface area (Å²) in [6.45, 7) is 7.71. The first-order chi connectivity index (χ1) is 6.38. The quantitative estimate of drug-likeness (QED) is 0.736. The summed E-state index contributed by atoms with van der Waals surface area (Å²) in [5, 5.41) is 8.75. The van der Waals surface area contributed by atoms with Crippen LogP contribution in [-0.4, -0.2) is 35.1 Å². The fraction of sp³-hybridized carbons (Fsp3) is 0.909. The van der Waals surface area contributed by atoms with Gasteiger partial charge in [0.1, 0.15) is 0 Å². The number of carboxylic acids is 1. The topological polar surface area (TPSA) is 40.5 Å². The second-order valence-electron chi connectivity index (χ2n) is 5.41. The Hall–Kier alpha value is -0.570. The highest BCUT2D eigenvalue weighted by Gasteiger charge is 2.30. The van der Waals surface area contributed by atoms with E-state index in [0.717, 1.165) is 13.0 Å². The largest absolute Gasteiger partial charge is 0.480 e. The Balaban J connectivity index is 2.32. The molecule has 0 aromatic heterocycles. The van der Waals surface area contributed by atoms with Crippen LogP contribution in [0.2, 0.25) is 0 Å². The first-order valence-electron chi connectivity index (χ1n) is 5.34. The van der Waals surface area contributed by atoms with Crippen LogP contribution >= 0.6 is 0 Å². The van der Waals surface area contributed by atoms with E-state index in [1.54, 1.807) is 0 Å². The molecule has 0 bridgehead atoms. The molecule has 1 rings (SSSR count). The van der Waals surface area contributed by atoms with Crippen molar-refractivity contribution in [1.82, 2.24) is 4.90 Å². The summed E-state index contributed by atoms with van der Waals surface area (Å²) < 4.78 is 0. The molecule has 0 atom stereocenters. The van der Waals surface area contributed by atoms with Crippen LogP contribution in [0, 0.1) is 5.41 Å². The van der Waals surface area contributed by atoms with Crippen LogP contribution in [0.15, 0.2) is 0 Å². The van der Waals surface area contributed by atoms with Gasteiger partial charge in [0.05, 0.1) is 6.54 Å². The molecule has 1 aliphatic carbocycles. The monoisotopic (exact) mass is 199 g/mol. The minimum Gasteiger partial charge on any atom is -0.480 e. The van der Waals surface area contributed by atoms with Gasteiger partial charge in [-0.2, -0.15) is 0 Å². The fourth-order valence-electron chi connectivity index (χ4n) is 1.48. The van der Waals surface area contributed by atoms with Crippen LogP contribution in [0.3, 0.4) is 0 Å². The number of hydrogen-bond acceptors (Lipinski definition) is 2. The van der Waals surface area contributed by atoms with Gasteiger partial charge in [-0.3, -0.25) is 9.69 Å². The van der Waals surface area contributed by atoms with E-state index in [9.17, 15) is 4.79 Å². The van der Waals surface area contributed by atoms with Crippen molar-refractivity contribution < 1.29 is 9.90 Å². The fourth-order valence-corrected chi connectivity index (χ4v) is 1.48. The Kier molecular flexibility index (Phi) is 3.53. The van der Waals surface area contributed by atoms with E-state index in [1.807, 2.05) is 0 Å². The van der Waals surface area contributed by atoms with Crippen molar-refractivity contribution in [3.63, 3.8) is 0 Å². The molecule has 1 N–H and O–H groups in total. The molecule has 14 heavy (non-hydrogen) atoms. The van der Waals surface area contributed by atoms with E-state index in [-0.39, 0.29) is 6.54 Å². The SMILES string of the molecule is CC(C)(C)CCN(CC(=O)O)C1CC1. The number of nitrogens with zero attached hydrogens (tertiary/aromatic N) is 1. The number of carboxylic acid groups (broad SMARTS) is 1. The van der Waals surface area contributed by atoms with Crippen molar-refractivity contribution in [3.8, 4) is 0 Å². The molecule has 1 aliphatic rings. The zero-order valence-electron chi connectivity index (χ0n) is 9.42. The Morgan fingerprint density at radius 3 is 2.36 bits per heavy atom. The third kappa shape index (κ3) is 4.61. The Morgan fingerprint density at radius 1 is 1.43 bits per heavy atom. The van der Waals surface area contributed by atoms with Gasteiger partial charge < -0.3 is 5.11 Å². The third-order valence-corrected chi connectivity index (χ3v) is 2.55. The van der Waals surface area contributed by atoms with Gasteiger partial charge in [0.25, 0.3) is 0 Å². The number of aliphatic carboxylic acids is 1. The van der Waals surface area contributed by atoms with Gasteiger partial charge in [0.2, 0.25) is 0 Å². The predicted molar refractivity (Wildman–Crippen MR) is 56.3 cm³/mol. The van der Waals surface area contributed by atoms with Gasteiger partial charge >= 0.3 is 5.97 Å². The van der Waals surface area contributed by atoms with Crippen molar-refractivity contribution in [2.75, 3.05) is 13.1 Å². The average molecular weight is 199 g/mol. The molecular formula is C11H21NO2. The summed E-state index contributed by atoms with van der Waals surface area (Å²) in [7, 11) is 0. The molecule has 1 fully saturated rings. The maximum Gasteiger partial charge on any atom is 0.317 e. The molecule has 0 heterocycles. The molecule has 0 saturated heterocycles. The number of carbonyl (C=O) groups is 1. The third-order valence-electron chi connectivity index (χ3n) is 2.55. The zero-order chi connectivity index (χ0) is 10.8. The Morgan fingerprint density at radius 2 is 2.00 bits per heavy atom. The summed E-state index contributed by atoms with van der Waals surface area (Å²) in [4.78, 5) is 12.7. The smallest absolute Gasteiger partial charge is 0.317 e. The highest BCUT2D eigenvalue weighted by Crippen LogP contribution is 2.28. The van der Waals surface area contributed by atoms with Crippen molar-refractivity contribution in [2.24, 2.45) is 5.41 Å². The van der Waals surface area contributed by atoms with E-state index < -0.39 is 5.97 Å². The summed E-state index contributed by atoms with van der Waals surface area (Å²) in [5.41, 5.74) is 0.297. The Bertz CT molecular complexity index is 204. The lowest BCUT2D eigenvalue weighted by Crippen LogP contribution is -2.34. The molecule has 0 aromatic carbocycles. The second-order valence-corrected chi connectivity index (χ2v) is 5.41. The van der Waals surface area contributed by atoms with Crippen LogP contribution in [0.1, 0.15) is 40.0 Å². The molecule has 0 unspecified atom stereocenters. The molecule has 3 heteroatoms. The van der Waals surface area contributed by atoms with E-state index in [4.69, 9.17) is 5.11 Å². The predicted octanol–water partition coefficient (Wildman–Crippen LogP) is 1.97. The zero-order valence-corrected chi connectivity index (χ0v) is 9.42. The normalized spacial score (nSPS) is 17.4. The van der Waals surface area contributed by atoms with Gasteiger partial charge in [-0.1, -0.05) is 20.8 Å². The average Bonchev–Trinajstić information content (AvgIpc) is 2.77. The lowest BCUT2D eigenvalue weighted by atomic mass is 9.92. The van der Waals surface area contributed by atoms with E-state index in [2.05, 4.69) is 25.7 Å². The van der Waals surface area contributed by atoms with Crippen LogP contribution in [0.25, 0.3) is 0 Å². The van der Waals surface area contributed by atoms with Gasteiger partial charge in [0.15, 0.2) is 0 Å². The van der Waals surface area contributed by atoms with Crippen molar-refractivity contribution in [1.29, 1.82) is 0 Å². The molecule has 3 nitrogen and oxygen atoms in total. The van der Waals surface area contributed by atoms with Crippen LogP contribution < -0.4 is 0 Å². The standard InChI is InChI=1S/C11H21NO2/c1-11(2,3)6-7-12(8-10(13)14)9-4-5-9/h9H,4-8H2,1-3H3,(H,13,14).